The van der Waals surface area contributed by atoms with Crippen LogP contribution >= 0.6 is 0 Å². The molecule has 0 amide bonds. The summed E-state index contributed by atoms with van der Waals surface area (Å²) in [6.45, 7) is 0.229. The molecule has 1 spiro atoms. The summed E-state index contributed by atoms with van der Waals surface area (Å²) in [5.41, 5.74) is 1.62. The van der Waals surface area contributed by atoms with Crippen molar-refractivity contribution in [2.45, 2.75) is 80.4 Å². The number of rotatable bonds is 5. The summed E-state index contributed by atoms with van der Waals surface area (Å²) in [6.07, 6.45) is 8.82. The Balaban J connectivity index is 1.34. The van der Waals surface area contributed by atoms with Gasteiger partial charge in [0.05, 0.1) is 19.3 Å². The lowest BCUT2D eigenvalue weighted by Crippen LogP contribution is -2.80. The molecule has 5 aliphatic rings. The van der Waals surface area contributed by atoms with Crippen LogP contribution in [0.25, 0.3) is 6.08 Å². The van der Waals surface area contributed by atoms with E-state index in [4.69, 9.17) is 4.74 Å². The summed E-state index contributed by atoms with van der Waals surface area (Å²) in [6, 6.07) is 16.6. The van der Waals surface area contributed by atoms with E-state index in [1.165, 1.54) is 13.2 Å². The Morgan fingerprint density at radius 2 is 1.78 bits per heavy atom. The minimum Gasteiger partial charge on any atom is -0.504 e. The van der Waals surface area contributed by atoms with Gasteiger partial charge in [-0.1, -0.05) is 60.7 Å². The standard InChI is InChI=1S/C42H45NO7/c1-50-38-20-33(29(24-44)18-37(38)48)32-19-31(45)22-40(49)14-15-41-13-5-8-30-12-11-27-17-35(46)36(47)21-34(27)42(30,41)39(40)28(23-43-41)10-9-26(32)16-25-6-3-2-4-7-25/h2-4,6-7,11-12,17-18,20-21,26,28,30,32,39,43-44,46-49H,5,8,13-16,19,22-24H2,1H3. The first-order valence-electron chi connectivity index (χ1n) is 17.9. The smallest absolute Gasteiger partial charge is 0.160 e. The number of hydrogen-bond donors (Lipinski definition) is 6. The number of phenols is 3. The molecule has 0 aromatic heterocycles. The van der Waals surface area contributed by atoms with E-state index in [0.29, 0.717) is 36.9 Å². The van der Waals surface area contributed by atoms with Gasteiger partial charge in [0.2, 0.25) is 0 Å². The van der Waals surface area contributed by atoms with E-state index in [1.54, 1.807) is 18.2 Å². The lowest BCUT2D eigenvalue weighted by atomic mass is 9.36. The minimum atomic E-state index is -1.36. The lowest BCUT2D eigenvalue weighted by molar-refractivity contribution is -0.186. The zero-order chi connectivity index (χ0) is 34.8. The van der Waals surface area contributed by atoms with E-state index in [1.807, 2.05) is 24.3 Å². The van der Waals surface area contributed by atoms with E-state index >= 15 is 0 Å². The van der Waals surface area contributed by atoms with E-state index in [-0.39, 0.29) is 71.5 Å². The van der Waals surface area contributed by atoms with Crippen molar-refractivity contribution >= 4 is 11.9 Å². The number of phenolic OH excluding ortho intramolecular Hbond substituents is 3. The number of carbonyl (C=O) groups is 1. The number of nitrogens with one attached hydrogen (secondary N) is 1. The molecule has 8 atom stereocenters. The molecule has 50 heavy (non-hydrogen) atoms. The molecule has 0 radical (unpaired) electrons. The fourth-order valence-electron chi connectivity index (χ4n) is 11.0. The Bertz CT molecular complexity index is 1930. The maximum atomic E-state index is 14.6. The highest BCUT2D eigenvalue weighted by atomic mass is 16.5. The molecule has 1 heterocycles. The van der Waals surface area contributed by atoms with Crippen molar-refractivity contribution in [1.29, 1.82) is 0 Å². The Morgan fingerprint density at radius 3 is 2.56 bits per heavy atom. The number of piperidine rings is 1. The van der Waals surface area contributed by atoms with Gasteiger partial charge in [-0.2, -0.15) is 0 Å². The van der Waals surface area contributed by atoms with Crippen molar-refractivity contribution in [1.82, 2.24) is 5.32 Å². The molecule has 1 saturated heterocycles. The van der Waals surface area contributed by atoms with Crippen LogP contribution in [0.2, 0.25) is 0 Å². The second-order valence-electron chi connectivity index (χ2n) is 15.3. The van der Waals surface area contributed by atoms with E-state index < -0.39 is 22.9 Å². The zero-order valence-corrected chi connectivity index (χ0v) is 28.4. The molecule has 8 nitrogen and oxygen atoms in total. The number of fused-ring (bicyclic) bond motifs is 1. The molecule has 8 unspecified atom stereocenters. The number of allylic oxidation sites excluding steroid dienone is 1. The highest BCUT2D eigenvalue weighted by molar-refractivity contribution is 5.81. The number of benzene rings is 3. The van der Waals surface area contributed by atoms with Crippen LogP contribution in [-0.4, -0.2) is 56.1 Å². The fourth-order valence-corrected chi connectivity index (χ4v) is 11.0. The molecule has 4 aliphatic carbocycles. The van der Waals surface area contributed by atoms with Crippen LogP contribution in [0.1, 0.15) is 78.7 Å². The molecule has 8 rings (SSSR count). The van der Waals surface area contributed by atoms with Crippen molar-refractivity contribution in [2.75, 3.05) is 13.7 Å². The quantitative estimate of drug-likeness (QED) is 0.155. The number of hydrogen-bond acceptors (Lipinski definition) is 8. The van der Waals surface area contributed by atoms with Crippen LogP contribution in [0.5, 0.6) is 23.0 Å². The second kappa shape index (κ2) is 12.2. The molecule has 260 valence electrons. The molecule has 3 aromatic carbocycles. The third-order valence-electron chi connectivity index (χ3n) is 12.9. The maximum Gasteiger partial charge on any atom is 0.160 e. The number of Topliss-reactive ketones (excluding diaryl/α,β-unsaturated/α-hetero) is 1. The van der Waals surface area contributed by atoms with Gasteiger partial charge in [0.1, 0.15) is 5.78 Å². The van der Waals surface area contributed by atoms with Crippen molar-refractivity contribution < 1.29 is 35.1 Å². The van der Waals surface area contributed by atoms with Gasteiger partial charge in [-0.15, -0.1) is 0 Å². The number of ether oxygens (including phenoxy) is 1. The summed E-state index contributed by atoms with van der Waals surface area (Å²) in [5.74, 6) is 5.66. The monoisotopic (exact) mass is 675 g/mol. The molecule has 3 aromatic rings. The number of aliphatic hydroxyl groups is 2. The zero-order valence-electron chi connectivity index (χ0n) is 28.4. The van der Waals surface area contributed by atoms with Crippen molar-refractivity contribution in [3.63, 3.8) is 0 Å². The summed E-state index contributed by atoms with van der Waals surface area (Å²) < 4.78 is 5.49. The molecule has 3 fully saturated rings. The first-order chi connectivity index (χ1) is 24.1. The van der Waals surface area contributed by atoms with Gasteiger partial charge < -0.3 is 35.6 Å². The van der Waals surface area contributed by atoms with E-state index in [2.05, 4.69) is 35.4 Å². The molecule has 8 heteroatoms. The number of methoxy groups -OCH3 is 1. The highest BCUT2D eigenvalue weighted by Crippen LogP contribution is 2.68. The second-order valence-corrected chi connectivity index (χ2v) is 15.3. The number of aromatic hydroxyl groups is 3. The Morgan fingerprint density at radius 1 is 0.980 bits per heavy atom. The van der Waals surface area contributed by atoms with Gasteiger partial charge >= 0.3 is 0 Å². The lowest BCUT2D eigenvalue weighted by Gasteiger charge is -2.71. The average molecular weight is 676 g/mol. The molecular formula is C42H45NO7. The van der Waals surface area contributed by atoms with Crippen molar-refractivity contribution in [2.24, 2.45) is 23.7 Å². The SMILES string of the molecule is COc1cc(C2CC(=O)CC3(O)CCC45CCCC6C=Cc7cc(O)c(O)cc7C64C3C(C#CC2Cc2ccccc2)CN5)c(CO)cc1O. The van der Waals surface area contributed by atoms with Crippen LogP contribution in [0.15, 0.2) is 60.7 Å². The molecule has 6 N–H and O–H groups in total. The minimum absolute atomic E-state index is 0.0399. The van der Waals surface area contributed by atoms with Gasteiger partial charge in [0, 0.05) is 54.0 Å². The summed E-state index contributed by atoms with van der Waals surface area (Å²) in [7, 11) is 1.48. The van der Waals surface area contributed by atoms with Crippen molar-refractivity contribution in [3.8, 4) is 34.8 Å². The summed E-state index contributed by atoms with van der Waals surface area (Å²) in [5, 5.41) is 59.6. The molecular weight excluding hydrogens is 630 g/mol. The van der Waals surface area contributed by atoms with Crippen LogP contribution in [0.4, 0.5) is 0 Å². The number of carbonyl (C=O) groups excluding carboxylic acids is 1. The van der Waals surface area contributed by atoms with Crippen LogP contribution < -0.4 is 10.1 Å². The maximum absolute atomic E-state index is 14.6. The first-order valence-corrected chi connectivity index (χ1v) is 17.9. The predicted molar refractivity (Wildman–Crippen MR) is 189 cm³/mol. The van der Waals surface area contributed by atoms with Crippen LogP contribution in [-0.2, 0) is 23.2 Å². The third-order valence-corrected chi connectivity index (χ3v) is 12.9. The largest absolute Gasteiger partial charge is 0.504 e. The summed E-state index contributed by atoms with van der Waals surface area (Å²) in [4.78, 5) is 14.6. The van der Waals surface area contributed by atoms with Gasteiger partial charge in [-0.25, -0.2) is 0 Å². The first kappa shape index (κ1) is 32.9. The van der Waals surface area contributed by atoms with E-state index in [0.717, 1.165) is 36.0 Å². The topological polar surface area (TPSA) is 139 Å². The molecule has 2 saturated carbocycles. The van der Waals surface area contributed by atoms with E-state index in [9.17, 15) is 30.3 Å². The van der Waals surface area contributed by atoms with Gasteiger partial charge in [-0.05, 0) is 90.1 Å². The number of ketones is 1. The number of aliphatic hydroxyl groups excluding tert-OH is 1. The normalized spacial score (nSPS) is 34.0. The highest BCUT2D eigenvalue weighted by Gasteiger charge is 2.72. The predicted octanol–water partition coefficient (Wildman–Crippen LogP) is 5.48. The van der Waals surface area contributed by atoms with Crippen molar-refractivity contribution in [3.05, 3.63) is 88.5 Å². The van der Waals surface area contributed by atoms with Crippen LogP contribution in [0.3, 0.4) is 0 Å². The van der Waals surface area contributed by atoms with Crippen LogP contribution in [0, 0.1) is 35.5 Å². The summed E-state index contributed by atoms with van der Waals surface area (Å²) >= 11 is 0. The van der Waals surface area contributed by atoms with Gasteiger partial charge in [-0.3, -0.25) is 4.79 Å². The third kappa shape index (κ3) is 4.89. The Kier molecular flexibility index (Phi) is 8.02. The average Bonchev–Trinajstić information content (AvgIpc) is 3.11. The van der Waals surface area contributed by atoms with Gasteiger partial charge in [0.15, 0.2) is 23.0 Å². The Labute approximate surface area is 292 Å². The fraction of sp³-hybridized carbons (Fsp3) is 0.452. The molecule has 2 bridgehead atoms. The Hall–Kier alpha value is -4.29. The van der Waals surface area contributed by atoms with Gasteiger partial charge in [0.25, 0.3) is 0 Å². The molecule has 1 aliphatic heterocycles.